The van der Waals surface area contributed by atoms with Crippen LogP contribution in [-0.2, 0) is 0 Å². The van der Waals surface area contributed by atoms with Gasteiger partial charge in [-0.05, 0) is 37.0 Å². The molecule has 1 N–H and O–H groups in total. The van der Waals surface area contributed by atoms with Gasteiger partial charge in [0.05, 0.1) is 6.04 Å². The first-order valence-electron chi connectivity index (χ1n) is 7.43. The SMILES string of the molecule is CC(C)C1CCSC(NC2CCCC(C)(C)C2)=N1. The largest absolute Gasteiger partial charge is 0.362 e. The van der Waals surface area contributed by atoms with Crippen LogP contribution in [0.4, 0.5) is 0 Å². The molecular formula is C15H28N2S. The third kappa shape index (κ3) is 3.91. The van der Waals surface area contributed by atoms with Gasteiger partial charge in [0.25, 0.3) is 0 Å². The molecule has 104 valence electrons. The van der Waals surface area contributed by atoms with Crippen LogP contribution in [0.15, 0.2) is 4.99 Å². The fourth-order valence-electron chi connectivity index (χ4n) is 3.09. The molecule has 0 amide bonds. The summed E-state index contributed by atoms with van der Waals surface area (Å²) < 4.78 is 0. The maximum Gasteiger partial charge on any atom is 0.157 e. The van der Waals surface area contributed by atoms with Gasteiger partial charge in [-0.25, -0.2) is 0 Å². The summed E-state index contributed by atoms with van der Waals surface area (Å²) in [6.07, 6.45) is 6.58. The lowest BCUT2D eigenvalue weighted by Crippen LogP contribution is -2.41. The molecule has 0 aromatic heterocycles. The van der Waals surface area contributed by atoms with Crippen molar-refractivity contribution in [2.45, 2.75) is 71.9 Å². The van der Waals surface area contributed by atoms with Crippen molar-refractivity contribution in [1.82, 2.24) is 5.32 Å². The number of thioether (sulfide) groups is 1. The van der Waals surface area contributed by atoms with Gasteiger partial charge in [0, 0.05) is 11.8 Å². The van der Waals surface area contributed by atoms with Crippen molar-refractivity contribution >= 4 is 16.9 Å². The summed E-state index contributed by atoms with van der Waals surface area (Å²) in [5.74, 6) is 1.90. The standard InChI is InChI=1S/C15H28N2S/c1-11(2)13-7-9-18-14(17-13)16-12-6-5-8-15(3,4)10-12/h11-13H,5-10H2,1-4H3,(H,16,17). The highest BCUT2D eigenvalue weighted by atomic mass is 32.2. The average Bonchev–Trinajstić information content (AvgIpc) is 2.28. The molecule has 0 bridgehead atoms. The van der Waals surface area contributed by atoms with Gasteiger partial charge >= 0.3 is 0 Å². The highest BCUT2D eigenvalue weighted by Gasteiger charge is 2.29. The highest BCUT2D eigenvalue weighted by molar-refractivity contribution is 8.13. The Morgan fingerprint density at radius 2 is 2.11 bits per heavy atom. The quantitative estimate of drug-likeness (QED) is 0.816. The summed E-state index contributed by atoms with van der Waals surface area (Å²) in [5, 5.41) is 4.92. The van der Waals surface area contributed by atoms with E-state index in [9.17, 15) is 0 Å². The molecule has 18 heavy (non-hydrogen) atoms. The summed E-state index contributed by atoms with van der Waals surface area (Å²) in [6, 6.07) is 1.18. The Bertz CT molecular complexity index is 310. The lowest BCUT2D eigenvalue weighted by Gasteiger charge is -2.36. The molecule has 1 heterocycles. The zero-order chi connectivity index (χ0) is 13.2. The van der Waals surface area contributed by atoms with Crippen LogP contribution in [-0.4, -0.2) is 23.0 Å². The van der Waals surface area contributed by atoms with E-state index in [-0.39, 0.29) is 0 Å². The molecule has 1 aliphatic carbocycles. The van der Waals surface area contributed by atoms with Crippen LogP contribution >= 0.6 is 11.8 Å². The fourth-order valence-corrected chi connectivity index (χ4v) is 4.10. The van der Waals surface area contributed by atoms with Gasteiger partial charge in [0.2, 0.25) is 0 Å². The van der Waals surface area contributed by atoms with Gasteiger partial charge < -0.3 is 5.32 Å². The first-order valence-corrected chi connectivity index (χ1v) is 8.42. The average molecular weight is 268 g/mol. The van der Waals surface area contributed by atoms with Crippen LogP contribution in [0.25, 0.3) is 0 Å². The summed E-state index contributed by atoms with van der Waals surface area (Å²) in [4.78, 5) is 4.89. The van der Waals surface area contributed by atoms with Crippen molar-refractivity contribution in [3.05, 3.63) is 0 Å². The smallest absolute Gasteiger partial charge is 0.157 e. The first-order chi connectivity index (χ1) is 8.46. The van der Waals surface area contributed by atoms with Gasteiger partial charge in [-0.2, -0.15) is 0 Å². The number of nitrogens with zero attached hydrogens (tertiary/aromatic N) is 1. The Balaban J connectivity index is 1.92. The number of nitrogens with one attached hydrogen (secondary N) is 1. The topological polar surface area (TPSA) is 24.4 Å². The molecule has 2 unspecified atom stereocenters. The van der Waals surface area contributed by atoms with Crippen LogP contribution in [0, 0.1) is 11.3 Å². The minimum absolute atomic E-state index is 0.507. The second kappa shape index (κ2) is 5.85. The fraction of sp³-hybridized carbons (Fsp3) is 0.933. The van der Waals surface area contributed by atoms with Crippen LogP contribution in [0.2, 0.25) is 0 Å². The summed E-state index contributed by atoms with van der Waals surface area (Å²) >= 11 is 1.92. The number of hydrogen-bond acceptors (Lipinski definition) is 3. The minimum atomic E-state index is 0.507. The summed E-state index contributed by atoms with van der Waals surface area (Å²) in [7, 11) is 0. The molecule has 1 aliphatic heterocycles. The molecule has 0 spiro atoms. The Morgan fingerprint density at radius 3 is 2.78 bits per heavy atom. The van der Waals surface area contributed by atoms with Gasteiger partial charge in [-0.3, -0.25) is 4.99 Å². The number of amidine groups is 1. The molecule has 3 heteroatoms. The molecule has 2 rings (SSSR count). The van der Waals surface area contributed by atoms with Gasteiger partial charge in [0.15, 0.2) is 5.17 Å². The molecular weight excluding hydrogens is 240 g/mol. The van der Waals surface area contributed by atoms with Crippen molar-refractivity contribution in [1.29, 1.82) is 0 Å². The van der Waals surface area contributed by atoms with E-state index in [1.165, 1.54) is 43.0 Å². The molecule has 2 atom stereocenters. The van der Waals surface area contributed by atoms with E-state index in [0.29, 0.717) is 23.4 Å². The summed E-state index contributed by atoms with van der Waals surface area (Å²) in [5.41, 5.74) is 0.507. The van der Waals surface area contributed by atoms with Crippen molar-refractivity contribution in [2.75, 3.05) is 5.75 Å². The van der Waals surface area contributed by atoms with Crippen LogP contribution < -0.4 is 5.32 Å². The van der Waals surface area contributed by atoms with E-state index in [1.54, 1.807) is 0 Å². The molecule has 0 aromatic carbocycles. The highest BCUT2D eigenvalue weighted by Crippen LogP contribution is 2.35. The van der Waals surface area contributed by atoms with Gasteiger partial charge in [-0.1, -0.05) is 45.9 Å². The van der Waals surface area contributed by atoms with Crippen molar-refractivity contribution in [3.63, 3.8) is 0 Å². The molecule has 0 radical (unpaired) electrons. The Hall–Kier alpha value is -0.180. The normalized spacial score (nSPS) is 32.2. The maximum atomic E-state index is 4.89. The van der Waals surface area contributed by atoms with E-state index >= 15 is 0 Å². The van der Waals surface area contributed by atoms with Crippen LogP contribution in [0.3, 0.4) is 0 Å². The van der Waals surface area contributed by atoms with Crippen molar-refractivity contribution < 1.29 is 0 Å². The molecule has 1 fully saturated rings. The zero-order valence-corrected chi connectivity index (χ0v) is 13.1. The number of rotatable bonds is 2. The number of hydrogen-bond donors (Lipinski definition) is 1. The van der Waals surface area contributed by atoms with Gasteiger partial charge in [-0.15, -0.1) is 0 Å². The lowest BCUT2D eigenvalue weighted by molar-refractivity contribution is 0.211. The minimum Gasteiger partial charge on any atom is -0.362 e. The number of aliphatic imine (C=N–C) groups is 1. The van der Waals surface area contributed by atoms with Crippen LogP contribution in [0.5, 0.6) is 0 Å². The first kappa shape index (κ1) is 14.2. The second-order valence-corrected chi connectivity index (χ2v) is 8.07. The van der Waals surface area contributed by atoms with E-state index in [1.807, 2.05) is 11.8 Å². The van der Waals surface area contributed by atoms with Crippen LogP contribution in [0.1, 0.15) is 59.8 Å². The molecule has 0 saturated heterocycles. The third-order valence-electron chi connectivity index (χ3n) is 4.24. The predicted molar refractivity (Wildman–Crippen MR) is 82.3 cm³/mol. The Morgan fingerprint density at radius 1 is 1.33 bits per heavy atom. The third-order valence-corrected chi connectivity index (χ3v) is 5.17. The molecule has 2 aliphatic rings. The molecule has 0 aromatic rings. The van der Waals surface area contributed by atoms with Crippen molar-refractivity contribution in [3.8, 4) is 0 Å². The zero-order valence-electron chi connectivity index (χ0n) is 12.3. The monoisotopic (exact) mass is 268 g/mol. The van der Waals surface area contributed by atoms with E-state index < -0.39 is 0 Å². The lowest BCUT2D eigenvalue weighted by atomic mass is 9.75. The van der Waals surface area contributed by atoms with E-state index in [4.69, 9.17) is 4.99 Å². The predicted octanol–water partition coefficient (Wildman–Crippen LogP) is 4.06. The summed E-state index contributed by atoms with van der Waals surface area (Å²) in [6.45, 7) is 9.36. The van der Waals surface area contributed by atoms with Gasteiger partial charge in [0.1, 0.15) is 0 Å². The van der Waals surface area contributed by atoms with E-state index in [0.717, 1.165) is 0 Å². The van der Waals surface area contributed by atoms with Crippen molar-refractivity contribution in [2.24, 2.45) is 16.3 Å². The van der Waals surface area contributed by atoms with E-state index in [2.05, 4.69) is 33.0 Å². The second-order valence-electron chi connectivity index (χ2n) is 6.98. The maximum absolute atomic E-state index is 4.89. The Kier molecular flexibility index (Phi) is 4.63. The Labute approximate surface area is 116 Å². The molecule has 2 nitrogen and oxygen atoms in total. The molecule has 1 saturated carbocycles.